The summed E-state index contributed by atoms with van der Waals surface area (Å²) in [4.78, 5) is 13.6. The molecule has 100 valence electrons. The van der Waals surface area contributed by atoms with Crippen LogP contribution in [0.25, 0.3) is 0 Å². The Kier molecular flexibility index (Phi) is 3.95. The molecule has 2 rings (SSSR count). The molecule has 0 aliphatic heterocycles. The fourth-order valence-electron chi connectivity index (χ4n) is 2.64. The van der Waals surface area contributed by atoms with Crippen LogP contribution in [0.1, 0.15) is 60.5 Å². The van der Waals surface area contributed by atoms with Crippen molar-refractivity contribution in [3.05, 3.63) is 15.8 Å². The predicted octanol–water partition coefficient (Wildman–Crippen LogP) is 3.73. The normalized spacial score (nSPS) is 18.6. The number of nitrogens with two attached hydrogens (primary N) is 1. The molecule has 1 aromatic rings. The minimum atomic E-state index is -0.286. The van der Waals surface area contributed by atoms with Crippen molar-refractivity contribution in [2.24, 2.45) is 0 Å². The van der Waals surface area contributed by atoms with Gasteiger partial charge < -0.3 is 10.5 Å². The smallest absolute Gasteiger partial charge is 0.350 e. The lowest BCUT2D eigenvalue weighted by molar-refractivity contribution is 0.0533. The summed E-state index contributed by atoms with van der Waals surface area (Å²) in [5, 5.41) is 0. The molecule has 1 aliphatic rings. The minimum absolute atomic E-state index is 0.196. The van der Waals surface area contributed by atoms with Crippen molar-refractivity contribution < 1.29 is 9.53 Å². The Balaban J connectivity index is 2.25. The van der Waals surface area contributed by atoms with Gasteiger partial charge in [-0.25, -0.2) is 4.79 Å². The van der Waals surface area contributed by atoms with Gasteiger partial charge in [-0.05, 0) is 25.8 Å². The Labute approximate surface area is 112 Å². The molecule has 18 heavy (non-hydrogen) atoms. The van der Waals surface area contributed by atoms with Crippen molar-refractivity contribution in [1.29, 1.82) is 0 Å². The van der Waals surface area contributed by atoms with Gasteiger partial charge in [-0.15, -0.1) is 11.3 Å². The maximum atomic E-state index is 11.8. The molecule has 0 unspecified atom stereocenters. The molecule has 0 amide bonds. The summed E-state index contributed by atoms with van der Waals surface area (Å²) in [6.45, 7) is 4.49. The second kappa shape index (κ2) is 5.31. The van der Waals surface area contributed by atoms with E-state index in [2.05, 4.69) is 6.92 Å². The van der Waals surface area contributed by atoms with Gasteiger partial charge in [0.05, 0.1) is 12.3 Å². The number of ether oxygens (including phenoxy) is 1. The van der Waals surface area contributed by atoms with Gasteiger partial charge in [-0.1, -0.05) is 26.2 Å². The number of rotatable bonds is 3. The van der Waals surface area contributed by atoms with Gasteiger partial charge in [-0.2, -0.15) is 0 Å². The van der Waals surface area contributed by atoms with E-state index in [0.717, 1.165) is 0 Å². The van der Waals surface area contributed by atoms with Crippen LogP contribution in [0.15, 0.2) is 6.07 Å². The molecule has 1 heterocycles. The van der Waals surface area contributed by atoms with E-state index in [-0.39, 0.29) is 11.4 Å². The van der Waals surface area contributed by atoms with E-state index >= 15 is 0 Å². The molecule has 0 saturated heterocycles. The highest BCUT2D eigenvalue weighted by Gasteiger charge is 2.32. The maximum Gasteiger partial charge on any atom is 0.350 e. The molecule has 0 spiro atoms. The van der Waals surface area contributed by atoms with Crippen LogP contribution < -0.4 is 5.73 Å². The fourth-order valence-corrected chi connectivity index (χ4v) is 3.81. The second-order valence-corrected chi connectivity index (χ2v) is 6.29. The van der Waals surface area contributed by atoms with Crippen LogP contribution in [0, 0.1) is 0 Å². The van der Waals surface area contributed by atoms with Crippen molar-refractivity contribution >= 4 is 23.0 Å². The Morgan fingerprint density at radius 3 is 2.72 bits per heavy atom. The topological polar surface area (TPSA) is 52.3 Å². The summed E-state index contributed by atoms with van der Waals surface area (Å²) in [6, 6.07) is 1.97. The van der Waals surface area contributed by atoms with Crippen molar-refractivity contribution in [1.82, 2.24) is 0 Å². The molecular weight excluding hydrogens is 246 g/mol. The molecule has 1 saturated carbocycles. The fraction of sp³-hybridized carbons (Fsp3) is 0.643. The van der Waals surface area contributed by atoms with Crippen LogP contribution in [-0.2, 0) is 10.2 Å². The molecule has 0 aromatic carbocycles. The standard InChI is InChI=1S/C14H21NO2S/c1-3-17-13(16)12-10(15)9-11(18-12)14(2)7-5-4-6-8-14/h9H,3-8,15H2,1-2H3. The Bertz CT molecular complexity index is 433. The lowest BCUT2D eigenvalue weighted by atomic mass is 9.75. The third kappa shape index (κ3) is 2.53. The van der Waals surface area contributed by atoms with Gasteiger partial charge in [0, 0.05) is 10.3 Å². The van der Waals surface area contributed by atoms with Gasteiger partial charge >= 0.3 is 5.97 Å². The molecule has 1 aromatic heterocycles. The highest BCUT2D eigenvalue weighted by Crippen LogP contribution is 2.43. The van der Waals surface area contributed by atoms with Gasteiger partial charge in [0.25, 0.3) is 0 Å². The third-order valence-corrected chi connectivity index (χ3v) is 5.21. The third-order valence-electron chi connectivity index (χ3n) is 3.77. The first-order valence-corrected chi connectivity index (χ1v) is 7.45. The van der Waals surface area contributed by atoms with Crippen molar-refractivity contribution in [3.8, 4) is 0 Å². The molecule has 2 N–H and O–H groups in total. The van der Waals surface area contributed by atoms with Crippen LogP contribution in [0.5, 0.6) is 0 Å². The van der Waals surface area contributed by atoms with Crippen LogP contribution in [0.2, 0.25) is 0 Å². The summed E-state index contributed by atoms with van der Waals surface area (Å²) >= 11 is 1.51. The minimum Gasteiger partial charge on any atom is -0.462 e. The van der Waals surface area contributed by atoms with E-state index in [1.807, 2.05) is 13.0 Å². The number of carbonyl (C=O) groups is 1. The maximum absolute atomic E-state index is 11.8. The first-order valence-electron chi connectivity index (χ1n) is 6.64. The van der Waals surface area contributed by atoms with Gasteiger partial charge in [0.2, 0.25) is 0 Å². The predicted molar refractivity (Wildman–Crippen MR) is 75.1 cm³/mol. The van der Waals surface area contributed by atoms with Crippen LogP contribution in [0.4, 0.5) is 5.69 Å². The first-order chi connectivity index (χ1) is 8.57. The number of esters is 1. The number of anilines is 1. The van der Waals surface area contributed by atoms with Gasteiger partial charge in [0.15, 0.2) is 0 Å². The summed E-state index contributed by atoms with van der Waals surface area (Å²) < 4.78 is 5.03. The van der Waals surface area contributed by atoms with E-state index in [9.17, 15) is 4.79 Å². The first kappa shape index (κ1) is 13.4. The molecule has 1 aliphatic carbocycles. The van der Waals surface area contributed by atoms with E-state index in [4.69, 9.17) is 10.5 Å². The van der Waals surface area contributed by atoms with Crippen LogP contribution in [0.3, 0.4) is 0 Å². The molecular formula is C14H21NO2S. The van der Waals surface area contributed by atoms with E-state index in [1.54, 1.807) is 0 Å². The van der Waals surface area contributed by atoms with Crippen molar-refractivity contribution in [3.63, 3.8) is 0 Å². The van der Waals surface area contributed by atoms with Crippen LogP contribution in [-0.4, -0.2) is 12.6 Å². The van der Waals surface area contributed by atoms with Crippen molar-refractivity contribution in [2.75, 3.05) is 12.3 Å². The number of nitrogen functional groups attached to an aromatic ring is 1. The molecule has 0 atom stereocenters. The molecule has 4 heteroatoms. The van der Waals surface area contributed by atoms with E-state index < -0.39 is 0 Å². The zero-order valence-corrected chi connectivity index (χ0v) is 11.9. The summed E-state index contributed by atoms with van der Waals surface area (Å²) in [5.74, 6) is -0.286. The Morgan fingerprint density at radius 2 is 2.11 bits per heavy atom. The molecule has 1 fully saturated rings. The van der Waals surface area contributed by atoms with E-state index in [0.29, 0.717) is 17.2 Å². The zero-order valence-electron chi connectivity index (χ0n) is 11.1. The lowest BCUT2D eigenvalue weighted by Crippen LogP contribution is -2.23. The van der Waals surface area contributed by atoms with E-state index in [1.165, 1.54) is 48.3 Å². The van der Waals surface area contributed by atoms with Crippen LogP contribution >= 0.6 is 11.3 Å². The molecule has 0 bridgehead atoms. The average molecular weight is 267 g/mol. The number of carbonyl (C=O) groups excluding carboxylic acids is 1. The SMILES string of the molecule is CCOC(=O)c1sc(C2(C)CCCCC2)cc1N. The van der Waals surface area contributed by atoms with Crippen molar-refractivity contribution in [2.45, 2.75) is 51.4 Å². The second-order valence-electron chi connectivity index (χ2n) is 5.24. The van der Waals surface area contributed by atoms with Gasteiger partial charge in [0.1, 0.15) is 4.88 Å². The largest absolute Gasteiger partial charge is 0.462 e. The summed E-state index contributed by atoms with van der Waals surface area (Å²) in [6.07, 6.45) is 6.23. The number of hydrogen-bond donors (Lipinski definition) is 1. The number of hydrogen-bond acceptors (Lipinski definition) is 4. The lowest BCUT2D eigenvalue weighted by Gasteiger charge is -2.32. The molecule has 3 nitrogen and oxygen atoms in total. The molecule has 0 radical (unpaired) electrons. The summed E-state index contributed by atoms with van der Waals surface area (Å²) in [5.41, 5.74) is 6.71. The average Bonchev–Trinajstić information content (AvgIpc) is 2.73. The Hall–Kier alpha value is -1.03. The highest BCUT2D eigenvalue weighted by molar-refractivity contribution is 7.14. The monoisotopic (exact) mass is 267 g/mol. The quantitative estimate of drug-likeness (QED) is 0.849. The highest BCUT2D eigenvalue weighted by atomic mass is 32.1. The van der Waals surface area contributed by atoms with Gasteiger partial charge in [-0.3, -0.25) is 0 Å². The number of thiophene rings is 1. The Morgan fingerprint density at radius 1 is 1.44 bits per heavy atom. The zero-order chi connectivity index (χ0) is 13.2. The summed E-state index contributed by atoms with van der Waals surface area (Å²) in [7, 11) is 0.